The van der Waals surface area contributed by atoms with Crippen molar-refractivity contribution in [2.45, 2.75) is 31.0 Å². The molecule has 4 heterocycles. The number of hydrogen-bond donors (Lipinski definition) is 8. The number of nitrogens with two attached hydrogens (primary N) is 3. The molecule has 2 aliphatic rings. The molecule has 49 heavy (non-hydrogen) atoms. The van der Waals surface area contributed by atoms with Crippen LogP contribution < -0.4 is 39.5 Å². The molecule has 258 valence electrons. The molecular formula is C28H28ClN9O9S2. The number of thioether (sulfide) groups is 1. The molecule has 11 N–H and O–H groups in total. The summed E-state index contributed by atoms with van der Waals surface area (Å²) < 4.78 is 1.62. The third-order valence-corrected chi connectivity index (χ3v) is 9.25. The van der Waals surface area contributed by atoms with Crippen LogP contribution in [0.5, 0.6) is 11.5 Å². The molecule has 2 amide bonds. The van der Waals surface area contributed by atoms with Crippen LogP contribution in [0.1, 0.15) is 22.9 Å². The van der Waals surface area contributed by atoms with E-state index in [0.29, 0.717) is 17.0 Å². The molecule has 3 atom stereocenters. The first-order chi connectivity index (χ1) is 22.8. The number of rotatable bonds is 11. The lowest BCUT2D eigenvalue weighted by Gasteiger charge is -2.49. The highest BCUT2D eigenvalue weighted by Gasteiger charge is 2.54. The van der Waals surface area contributed by atoms with Crippen LogP contribution in [0, 0.1) is 6.92 Å². The number of carbonyl (C=O) groups excluding carboxylic acids is 2. The van der Waals surface area contributed by atoms with E-state index in [2.05, 4.69) is 20.4 Å². The van der Waals surface area contributed by atoms with Gasteiger partial charge in [-0.15, -0.1) is 23.1 Å². The van der Waals surface area contributed by atoms with Gasteiger partial charge in [-0.3, -0.25) is 14.5 Å². The predicted octanol–water partition coefficient (Wildman–Crippen LogP) is -3.16. The number of carbonyl (C=O) groups is 4. The fraction of sp³-hybridized carbons (Fsp3) is 0.214. The number of amides is 2. The molecule has 0 saturated carbocycles. The van der Waals surface area contributed by atoms with Crippen molar-refractivity contribution in [1.29, 1.82) is 0 Å². The Labute approximate surface area is 291 Å². The summed E-state index contributed by atoms with van der Waals surface area (Å²) in [7, 11) is 0. The zero-order valence-electron chi connectivity index (χ0n) is 25.2. The number of anilines is 3. The van der Waals surface area contributed by atoms with Gasteiger partial charge in [0.1, 0.15) is 22.8 Å². The molecule has 2 aliphatic heterocycles. The number of hydrogen-bond acceptors (Lipinski definition) is 15. The summed E-state index contributed by atoms with van der Waals surface area (Å²) in [5.74, 6) is -4.81. The number of aliphatic carboxylic acids is 2. The number of benzene rings is 1. The molecule has 0 bridgehead atoms. The summed E-state index contributed by atoms with van der Waals surface area (Å²) in [6.07, 6.45) is 2.87. The highest BCUT2D eigenvalue weighted by molar-refractivity contribution is 8.00. The number of carboxylic acid groups (broad SMARTS) is 2. The van der Waals surface area contributed by atoms with Crippen LogP contribution >= 0.6 is 23.1 Å². The van der Waals surface area contributed by atoms with Gasteiger partial charge in [-0.1, -0.05) is 28.4 Å². The molecule has 2 aromatic heterocycles. The maximum absolute atomic E-state index is 13.5. The van der Waals surface area contributed by atoms with Crippen molar-refractivity contribution in [3.05, 3.63) is 70.1 Å². The fourth-order valence-electron chi connectivity index (χ4n) is 4.73. The Kier molecular flexibility index (Phi) is 10.8. The summed E-state index contributed by atoms with van der Waals surface area (Å²) in [6, 6.07) is 2.00. The minimum atomic E-state index is -1.82. The first-order valence-corrected chi connectivity index (χ1v) is 15.7. The van der Waals surface area contributed by atoms with Gasteiger partial charge in [0, 0.05) is 16.7 Å². The Morgan fingerprint density at radius 2 is 1.96 bits per heavy atom. The van der Waals surface area contributed by atoms with E-state index in [0.717, 1.165) is 28.4 Å². The maximum atomic E-state index is 13.5. The Hall–Kier alpha value is -5.60. The molecule has 1 saturated heterocycles. The van der Waals surface area contributed by atoms with Gasteiger partial charge in [-0.25, -0.2) is 19.1 Å². The minimum absolute atomic E-state index is 0. The SMILES string of the molecule is Cc1c(N)nc[n+](C/C=C/C2=C(C(=O)O)N3C(=O)[C@@H](NC(=O)/C(=N\O[C@H](C(=O)O)c4ccc(O)c(O)c4)c4csc(N)n4)[C@H]3SC2)c1N.[Cl-]. The Morgan fingerprint density at radius 3 is 2.59 bits per heavy atom. The van der Waals surface area contributed by atoms with Crippen LogP contribution in [0.15, 0.2) is 58.5 Å². The quantitative estimate of drug-likeness (QED) is 0.0317. The number of carboxylic acids is 2. The molecule has 0 unspecified atom stereocenters. The number of nitrogens with zero attached hydrogens (tertiary/aromatic N) is 5. The molecule has 1 aromatic carbocycles. The van der Waals surface area contributed by atoms with E-state index in [4.69, 9.17) is 22.0 Å². The summed E-state index contributed by atoms with van der Waals surface area (Å²) in [5.41, 5.74) is 17.6. The number of nitrogen functional groups attached to an aromatic ring is 3. The second kappa shape index (κ2) is 14.7. The zero-order valence-corrected chi connectivity index (χ0v) is 27.6. The molecule has 0 radical (unpaired) electrons. The average molecular weight is 734 g/mol. The number of oxime groups is 1. The first kappa shape index (κ1) is 36.2. The second-order valence-electron chi connectivity index (χ2n) is 10.3. The van der Waals surface area contributed by atoms with Gasteiger partial charge in [0.05, 0.1) is 12.1 Å². The third-order valence-electron chi connectivity index (χ3n) is 7.28. The van der Waals surface area contributed by atoms with E-state index in [1.807, 2.05) is 0 Å². The fourth-order valence-corrected chi connectivity index (χ4v) is 6.60. The molecule has 0 spiro atoms. The number of allylic oxidation sites excluding steroid dienone is 2. The van der Waals surface area contributed by atoms with E-state index < -0.39 is 58.5 Å². The molecule has 1 fully saturated rings. The van der Waals surface area contributed by atoms with Crippen molar-refractivity contribution >= 4 is 69.3 Å². The van der Waals surface area contributed by atoms with Gasteiger partial charge in [0.2, 0.25) is 24.1 Å². The van der Waals surface area contributed by atoms with Gasteiger partial charge < -0.3 is 60.2 Å². The van der Waals surface area contributed by atoms with E-state index >= 15 is 0 Å². The summed E-state index contributed by atoms with van der Waals surface area (Å²) >= 11 is 2.17. The monoisotopic (exact) mass is 733 g/mol. The van der Waals surface area contributed by atoms with Crippen molar-refractivity contribution < 1.29 is 61.4 Å². The number of β-lactam (4-membered cyclic amide) rings is 1. The standard InChI is InChI=1S/C28H27N9O9S2.ClH/c1-11-21(29)32-10-36(22(11)30)6-2-3-13-8-47-25-18(24(41)37(25)19(13)26(42)43)34-23(40)17(14-9-48-28(31)33-14)35-46-20(27(44)45)12-4-5-15(38)16(39)7-12;/h2-5,7,9-10,18,20,25H,6,8H2,1H3,(H10,29,30,31,33,34,35,38,39,40,42,43,44,45);1H/b3-2+;/t18-,20+,25-;/m1./s1. The number of thiazole rings is 1. The topological polar surface area (TPSA) is 294 Å². The lowest BCUT2D eigenvalue weighted by Crippen LogP contribution is -3.00. The molecule has 18 nitrogen and oxygen atoms in total. The molecule has 21 heteroatoms. The zero-order chi connectivity index (χ0) is 34.9. The summed E-state index contributed by atoms with van der Waals surface area (Å²) in [5, 5.41) is 46.0. The number of nitrogens with one attached hydrogen (secondary N) is 1. The van der Waals surface area contributed by atoms with Crippen molar-refractivity contribution in [2.24, 2.45) is 5.16 Å². The summed E-state index contributed by atoms with van der Waals surface area (Å²) in [6.45, 7) is 1.97. The molecular weight excluding hydrogens is 706 g/mol. The molecule has 0 aliphatic carbocycles. The Morgan fingerprint density at radius 1 is 1.22 bits per heavy atom. The van der Waals surface area contributed by atoms with Crippen LogP contribution in [0.2, 0.25) is 0 Å². The predicted molar refractivity (Wildman–Crippen MR) is 171 cm³/mol. The van der Waals surface area contributed by atoms with Crippen LogP contribution in [0.4, 0.5) is 16.8 Å². The third kappa shape index (κ3) is 7.29. The normalized spacial score (nSPS) is 17.9. The average Bonchev–Trinajstić information content (AvgIpc) is 3.48. The van der Waals surface area contributed by atoms with Crippen LogP contribution in [-0.4, -0.2) is 81.9 Å². The van der Waals surface area contributed by atoms with Crippen molar-refractivity contribution in [3.8, 4) is 11.5 Å². The Balaban J connectivity index is 0.00000541. The van der Waals surface area contributed by atoms with Crippen LogP contribution in [0.25, 0.3) is 0 Å². The number of aromatic hydroxyl groups is 2. The van der Waals surface area contributed by atoms with Gasteiger partial charge in [-0.05, 0) is 24.6 Å². The summed E-state index contributed by atoms with van der Waals surface area (Å²) in [4.78, 5) is 65.3. The second-order valence-corrected chi connectivity index (χ2v) is 12.3. The number of phenols is 2. The largest absolute Gasteiger partial charge is 1.00 e. The highest BCUT2D eigenvalue weighted by Crippen LogP contribution is 2.40. The lowest BCUT2D eigenvalue weighted by molar-refractivity contribution is -0.675. The van der Waals surface area contributed by atoms with Crippen molar-refractivity contribution in [3.63, 3.8) is 0 Å². The smallest absolute Gasteiger partial charge is 0.352 e. The lowest BCUT2D eigenvalue weighted by atomic mass is 10.0. The highest BCUT2D eigenvalue weighted by atomic mass is 35.5. The van der Waals surface area contributed by atoms with E-state index in [1.54, 1.807) is 23.6 Å². The van der Waals surface area contributed by atoms with E-state index in [1.165, 1.54) is 29.5 Å². The maximum Gasteiger partial charge on any atom is 0.352 e. The molecule has 3 aromatic rings. The van der Waals surface area contributed by atoms with Crippen LogP contribution in [0.3, 0.4) is 0 Å². The van der Waals surface area contributed by atoms with Gasteiger partial charge in [0.25, 0.3) is 11.8 Å². The van der Waals surface area contributed by atoms with E-state index in [-0.39, 0.29) is 52.6 Å². The van der Waals surface area contributed by atoms with E-state index in [9.17, 15) is 39.6 Å². The van der Waals surface area contributed by atoms with Gasteiger partial charge in [0.15, 0.2) is 22.3 Å². The number of halogens is 1. The van der Waals surface area contributed by atoms with Crippen molar-refractivity contribution in [2.75, 3.05) is 23.0 Å². The number of aromatic nitrogens is 3. The number of fused-ring (bicyclic) bond motifs is 1. The van der Waals surface area contributed by atoms with Crippen molar-refractivity contribution in [1.82, 2.24) is 20.2 Å². The van der Waals surface area contributed by atoms with Crippen LogP contribution in [-0.2, 0) is 30.6 Å². The minimum Gasteiger partial charge on any atom is -1.00 e. The molecule has 5 rings (SSSR count). The first-order valence-electron chi connectivity index (χ1n) is 13.8. The Bertz CT molecular complexity index is 1930. The van der Waals surface area contributed by atoms with Gasteiger partial charge >= 0.3 is 11.9 Å². The number of phenolic OH excluding ortho intramolecular Hbond substituents is 2. The van der Waals surface area contributed by atoms with Gasteiger partial charge in [-0.2, -0.15) is 0 Å².